The highest BCUT2D eigenvalue weighted by atomic mass is 16.6. The van der Waals surface area contributed by atoms with Crippen molar-refractivity contribution >= 4 is 16.9 Å². The Kier molecular flexibility index (Phi) is 2.99. The molecule has 4 atom stereocenters. The van der Waals surface area contributed by atoms with Gasteiger partial charge in [0.2, 0.25) is 0 Å². The molecule has 0 amide bonds. The Bertz CT molecular complexity index is 738. The third-order valence-electron chi connectivity index (χ3n) is 3.68. The Morgan fingerprint density at radius 1 is 1.62 bits per heavy atom. The average Bonchev–Trinajstić information content (AvgIpc) is 2.87. The Hall–Kier alpha value is -2.01. The van der Waals surface area contributed by atoms with Crippen molar-refractivity contribution in [3.63, 3.8) is 0 Å². The molecular weight excluding hydrogens is 282 g/mol. The SMILES string of the molecule is C[C@@]1(O)[C@H](O)[C@@H](CO)O[C@H]1n1nc(N)c2c(=O)[nH]cnc21. The molecule has 0 bridgehead atoms. The number of anilines is 1. The lowest BCUT2D eigenvalue weighted by molar-refractivity contribution is -0.100. The van der Waals surface area contributed by atoms with Gasteiger partial charge in [-0.3, -0.25) is 4.79 Å². The maximum Gasteiger partial charge on any atom is 0.264 e. The van der Waals surface area contributed by atoms with Gasteiger partial charge in [-0.15, -0.1) is 0 Å². The van der Waals surface area contributed by atoms with Crippen molar-refractivity contribution in [2.24, 2.45) is 0 Å². The lowest BCUT2D eigenvalue weighted by Gasteiger charge is -2.26. The summed E-state index contributed by atoms with van der Waals surface area (Å²) in [5, 5.41) is 33.6. The molecule has 1 fully saturated rings. The van der Waals surface area contributed by atoms with E-state index in [2.05, 4.69) is 15.1 Å². The van der Waals surface area contributed by atoms with Crippen molar-refractivity contribution < 1.29 is 20.1 Å². The van der Waals surface area contributed by atoms with Crippen LogP contribution < -0.4 is 11.3 Å². The molecule has 6 N–H and O–H groups in total. The highest BCUT2D eigenvalue weighted by molar-refractivity contribution is 5.85. The zero-order valence-electron chi connectivity index (χ0n) is 11.1. The molecule has 0 unspecified atom stereocenters. The predicted molar refractivity (Wildman–Crippen MR) is 70.2 cm³/mol. The van der Waals surface area contributed by atoms with E-state index in [9.17, 15) is 20.1 Å². The number of H-pyrrole nitrogens is 1. The number of aromatic nitrogens is 4. The molecule has 3 heterocycles. The fraction of sp³-hybridized carbons (Fsp3) is 0.545. The summed E-state index contributed by atoms with van der Waals surface area (Å²) in [4.78, 5) is 18.1. The van der Waals surface area contributed by atoms with E-state index in [0.717, 1.165) is 4.68 Å². The molecule has 0 aliphatic carbocycles. The van der Waals surface area contributed by atoms with Crippen LogP contribution in [0, 0.1) is 0 Å². The molecule has 1 aliphatic rings. The third kappa shape index (κ3) is 1.84. The number of ether oxygens (including phenoxy) is 1. The van der Waals surface area contributed by atoms with E-state index in [0.29, 0.717) is 0 Å². The molecule has 10 heteroatoms. The number of hydrogen-bond donors (Lipinski definition) is 5. The first-order chi connectivity index (χ1) is 9.87. The standard InChI is InChI=1S/C11H15N5O5/c1-11(20)6(18)4(2-17)21-10(11)16-8-5(7(12)15-16)9(19)14-3-13-8/h3-4,6,10,17-18,20H,2H2,1H3,(H2,12,15)(H,13,14,19)/t4-,6-,10-,11-/m1/s1. The van der Waals surface area contributed by atoms with Gasteiger partial charge in [0.25, 0.3) is 5.56 Å². The number of hydrogen-bond acceptors (Lipinski definition) is 8. The largest absolute Gasteiger partial charge is 0.394 e. The molecule has 2 aromatic heterocycles. The number of aliphatic hydroxyl groups is 3. The van der Waals surface area contributed by atoms with Gasteiger partial charge in [-0.05, 0) is 6.92 Å². The van der Waals surface area contributed by atoms with Crippen molar-refractivity contribution in [3.8, 4) is 0 Å². The van der Waals surface area contributed by atoms with Crippen LogP contribution >= 0.6 is 0 Å². The molecule has 10 nitrogen and oxygen atoms in total. The molecule has 1 saturated heterocycles. The van der Waals surface area contributed by atoms with E-state index in [-0.39, 0.29) is 16.9 Å². The number of aliphatic hydroxyl groups excluding tert-OH is 2. The van der Waals surface area contributed by atoms with Crippen LogP contribution in [0.2, 0.25) is 0 Å². The molecule has 0 aromatic carbocycles. The smallest absolute Gasteiger partial charge is 0.264 e. The van der Waals surface area contributed by atoms with Crippen LogP contribution in [0.15, 0.2) is 11.1 Å². The summed E-state index contributed by atoms with van der Waals surface area (Å²) in [5.41, 5.74) is 3.61. The fourth-order valence-corrected chi connectivity index (χ4v) is 2.52. The topological polar surface area (TPSA) is 160 Å². The summed E-state index contributed by atoms with van der Waals surface area (Å²) in [5.74, 6) is -0.0688. The maximum atomic E-state index is 11.8. The van der Waals surface area contributed by atoms with Crippen molar-refractivity contribution in [2.45, 2.75) is 31.0 Å². The first-order valence-electron chi connectivity index (χ1n) is 6.26. The summed E-state index contributed by atoms with van der Waals surface area (Å²) in [6, 6.07) is 0. The van der Waals surface area contributed by atoms with Gasteiger partial charge in [-0.1, -0.05) is 0 Å². The van der Waals surface area contributed by atoms with Crippen molar-refractivity contribution in [2.75, 3.05) is 12.3 Å². The monoisotopic (exact) mass is 297 g/mol. The second-order valence-corrected chi connectivity index (χ2v) is 5.14. The zero-order chi connectivity index (χ0) is 15.4. The van der Waals surface area contributed by atoms with Crippen LogP contribution in [0.25, 0.3) is 11.0 Å². The van der Waals surface area contributed by atoms with Gasteiger partial charge in [0, 0.05) is 0 Å². The van der Waals surface area contributed by atoms with Gasteiger partial charge in [0.05, 0.1) is 12.9 Å². The van der Waals surface area contributed by atoms with Gasteiger partial charge < -0.3 is 30.8 Å². The van der Waals surface area contributed by atoms with Crippen LogP contribution in [0.1, 0.15) is 13.2 Å². The zero-order valence-corrected chi connectivity index (χ0v) is 11.1. The van der Waals surface area contributed by atoms with Gasteiger partial charge in [0.1, 0.15) is 23.2 Å². The van der Waals surface area contributed by atoms with Crippen LogP contribution in [0.5, 0.6) is 0 Å². The first kappa shape index (κ1) is 13.9. The van der Waals surface area contributed by atoms with E-state index in [1.807, 2.05) is 0 Å². The van der Waals surface area contributed by atoms with Crippen molar-refractivity contribution in [1.82, 2.24) is 19.7 Å². The Balaban J connectivity index is 2.18. The van der Waals surface area contributed by atoms with Gasteiger partial charge in [-0.25, -0.2) is 9.67 Å². The number of nitrogen functional groups attached to an aromatic ring is 1. The highest BCUT2D eigenvalue weighted by Gasteiger charge is 2.53. The van der Waals surface area contributed by atoms with Crippen LogP contribution in [0.3, 0.4) is 0 Å². The number of nitrogens with two attached hydrogens (primary N) is 1. The second kappa shape index (κ2) is 4.49. The summed E-state index contributed by atoms with van der Waals surface area (Å²) in [7, 11) is 0. The molecule has 114 valence electrons. The minimum atomic E-state index is -1.73. The minimum Gasteiger partial charge on any atom is -0.394 e. The Labute approximate surface area is 117 Å². The number of nitrogens with zero attached hydrogens (tertiary/aromatic N) is 3. The lowest BCUT2D eigenvalue weighted by atomic mass is 9.97. The lowest BCUT2D eigenvalue weighted by Crippen LogP contribution is -2.44. The molecular formula is C11H15N5O5. The first-order valence-corrected chi connectivity index (χ1v) is 6.26. The summed E-state index contributed by atoms with van der Waals surface area (Å²) < 4.78 is 6.57. The van der Waals surface area contributed by atoms with E-state index in [4.69, 9.17) is 10.5 Å². The summed E-state index contributed by atoms with van der Waals surface area (Å²) in [6.45, 7) is 0.866. The van der Waals surface area contributed by atoms with Crippen molar-refractivity contribution in [3.05, 3.63) is 16.7 Å². The summed E-state index contributed by atoms with van der Waals surface area (Å²) in [6.07, 6.45) is -2.27. The van der Waals surface area contributed by atoms with E-state index < -0.39 is 36.2 Å². The number of fused-ring (bicyclic) bond motifs is 1. The van der Waals surface area contributed by atoms with E-state index in [1.165, 1.54) is 13.3 Å². The number of rotatable bonds is 2. The van der Waals surface area contributed by atoms with E-state index >= 15 is 0 Å². The predicted octanol–water partition coefficient (Wildman–Crippen LogP) is -2.30. The fourth-order valence-electron chi connectivity index (χ4n) is 2.52. The van der Waals surface area contributed by atoms with Crippen molar-refractivity contribution in [1.29, 1.82) is 0 Å². The van der Waals surface area contributed by atoms with Gasteiger partial charge in [0.15, 0.2) is 17.7 Å². The number of nitrogens with one attached hydrogen (secondary N) is 1. The molecule has 0 saturated carbocycles. The maximum absolute atomic E-state index is 11.8. The molecule has 1 aliphatic heterocycles. The highest BCUT2D eigenvalue weighted by Crippen LogP contribution is 2.39. The summed E-state index contributed by atoms with van der Waals surface area (Å²) >= 11 is 0. The quantitative estimate of drug-likeness (QED) is 0.414. The van der Waals surface area contributed by atoms with Crippen LogP contribution in [0.4, 0.5) is 5.82 Å². The minimum absolute atomic E-state index is 0.0684. The molecule has 2 aromatic rings. The third-order valence-corrected chi connectivity index (χ3v) is 3.68. The average molecular weight is 297 g/mol. The van der Waals surface area contributed by atoms with Gasteiger partial charge in [-0.2, -0.15) is 5.10 Å². The normalized spacial score (nSPS) is 32.9. The molecule has 0 radical (unpaired) electrons. The Morgan fingerprint density at radius 2 is 2.33 bits per heavy atom. The Morgan fingerprint density at radius 3 is 2.95 bits per heavy atom. The van der Waals surface area contributed by atoms with Crippen LogP contribution in [-0.4, -0.2) is 59.5 Å². The van der Waals surface area contributed by atoms with Crippen LogP contribution in [-0.2, 0) is 4.74 Å². The molecule has 0 spiro atoms. The molecule has 21 heavy (non-hydrogen) atoms. The number of aromatic amines is 1. The second-order valence-electron chi connectivity index (χ2n) is 5.14. The molecule has 3 rings (SSSR count). The van der Waals surface area contributed by atoms with Gasteiger partial charge >= 0.3 is 0 Å². The van der Waals surface area contributed by atoms with E-state index in [1.54, 1.807) is 0 Å².